The Morgan fingerprint density at radius 1 is 0.923 bits per heavy atom. The van der Waals surface area contributed by atoms with Crippen LogP contribution in [-0.2, 0) is 19.4 Å². The van der Waals surface area contributed by atoms with Crippen LogP contribution in [0.4, 0.5) is 5.69 Å². The second kappa shape index (κ2) is 12.6. The molecule has 0 aromatic heterocycles. The Balaban J connectivity index is 1.34. The van der Waals surface area contributed by atoms with Gasteiger partial charge >= 0.3 is 0 Å². The Labute approximate surface area is 233 Å². The summed E-state index contributed by atoms with van der Waals surface area (Å²) in [7, 11) is 3.40. The number of hydrogen-bond donors (Lipinski definition) is 1. The van der Waals surface area contributed by atoms with Crippen molar-refractivity contribution >= 4 is 5.69 Å². The number of anilines is 1. The van der Waals surface area contributed by atoms with E-state index < -0.39 is 0 Å². The van der Waals surface area contributed by atoms with E-state index in [1.54, 1.807) is 20.3 Å². The minimum atomic E-state index is 0.346. The number of likely N-dealkylation sites (tertiary alicyclic amines) is 1. The van der Waals surface area contributed by atoms with E-state index in [2.05, 4.69) is 59.2 Å². The van der Waals surface area contributed by atoms with E-state index in [1.165, 1.54) is 53.9 Å². The minimum Gasteiger partial charge on any atom is -0.508 e. The van der Waals surface area contributed by atoms with E-state index >= 15 is 0 Å². The highest BCUT2D eigenvalue weighted by molar-refractivity contribution is 5.64. The fraction of sp³-hybridized carbons (Fsp3) is 0.455. The van der Waals surface area contributed by atoms with Gasteiger partial charge in [-0.15, -0.1) is 0 Å². The number of hydrogen-bond acceptors (Lipinski definition) is 6. The lowest BCUT2D eigenvalue weighted by Gasteiger charge is -2.32. The van der Waals surface area contributed by atoms with Gasteiger partial charge in [0, 0.05) is 31.4 Å². The van der Waals surface area contributed by atoms with Crippen molar-refractivity contribution in [2.24, 2.45) is 0 Å². The largest absolute Gasteiger partial charge is 0.508 e. The standard InChI is InChI=1S/C33H42N2O4/c1-4-35(23-24-7-13-29(14-8-24)39-18-17-34-15-5-6-16-34)31-22-33(38-3)32(37-2)21-30(31)27-10-9-26-20-28(36)12-11-25(26)19-27/h7-8,11-14,20-22,27,36H,4-6,9-10,15-19,23H2,1-3H3. The Kier molecular flexibility index (Phi) is 8.82. The Morgan fingerprint density at radius 2 is 1.67 bits per heavy atom. The molecule has 1 aliphatic heterocycles. The van der Waals surface area contributed by atoms with Gasteiger partial charge < -0.3 is 24.2 Å². The predicted molar refractivity (Wildman–Crippen MR) is 157 cm³/mol. The molecule has 1 atom stereocenters. The second-order valence-electron chi connectivity index (χ2n) is 10.7. The summed E-state index contributed by atoms with van der Waals surface area (Å²) in [6, 6.07) is 18.6. The number of benzene rings is 3. The van der Waals surface area contributed by atoms with Crippen molar-refractivity contribution in [2.75, 3.05) is 51.9 Å². The summed E-state index contributed by atoms with van der Waals surface area (Å²) in [5.74, 6) is 3.15. The smallest absolute Gasteiger partial charge is 0.162 e. The van der Waals surface area contributed by atoms with Gasteiger partial charge in [0.2, 0.25) is 0 Å². The molecule has 1 aliphatic carbocycles. The molecule has 1 heterocycles. The molecular weight excluding hydrogens is 488 g/mol. The van der Waals surface area contributed by atoms with Crippen molar-refractivity contribution in [3.8, 4) is 23.0 Å². The fourth-order valence-corrected chi connectivity index (χ4v) is 6.07. The molecule has 2 aliphatic rings. The van der Waals surface area contributed by atoms with Crippen LogP contribution in [0, 0.1) is 0 Å². The van der Waals surface area contributed by atoms with Crippen LogP contribution in [0.1, 0.15) is 54.4 Å². The van der Waals surface area contributed by atoms with Crippen LogP contribution in [0.5, 0.6) is 23.0 Å². The highest BCUT2D eigenvalue weighted by Crippen LogP contribution is 2.43. The van der Waals surface area contributed by atoms with E-state index in [0.717, 1.165) is 62.8 Å². The summed E-state index contributed by atoms with van der Waals surface area (Å²) in [6.45, 7) is 8.00. The summed E-state index contributed by atoms with van der Waals surface area (Å²) in [5.41, 5.74) is 6.29. The van der Waals surface area contributed by atoms with E-state index in [4.69, 9.17) is 14.2 Å². The van der Waals surface area contributed by atoms with Crippen molar-refractivity contribution in [3.63, 3.8) is 0 Å². The van der Waals surface area contributed by atoms with Crippen LogP contribution in [-0.4, -0.2) is 57.0 Å². The third-order valence-corrected chi connectivity index (χ3v) is 8.29. The lowest BCUT2D eigenvalue weighted by atomic mass is 9.79. The molecule has 1 unspecified atom stereocenters. The number of fused-ring (bicyclic) bond motifs is 1. The molecule has 0 spiro atoms. The van der Waals surface area contributed by atoms with Crippen LogP contribution in [0.3, 0.4) is 0 Å². The number of ether oxygens (including phenoxy) is 3. The van der Waals surface area contributed by atoms with Gasteiger partial charge in [-0.3, -0.25) is 4.90 Å². The SMILES string of the molecule is CCN(Cc1ccc(OCCN2CCCC2)cc1)c1cc(OC)c(OC)cc1C1CCc2cc(O)ccc2C1. The maximum Gasteiger partial charge on any atom is 0.162 e. The first-order valence-electron chi connectivity index (χ1n) is 14.3. The van der Waals surface area contributed by atoms with Crippen molar-refractivity contribution in [1.82, 2.24) is 4.90 Å². The van der Waals surface area contributed by atoms with Crippen molar-refractivity contribution in [3.05, 3.63) is 76.9 Å². The molecular formula is C33H42N2O4. The van der Waals surface area contributed by atoms with Crippen LogP contribution >= 0.6 is 0 Å². The number of rotatable bonds is 11. The molecule has 1 fully saturated rings. The van der Waals surface area contributed by atoms with E-state index in [9.17, 15) is 5.11 Å². The monoisotopic (exact) mass is 530 g/mol. The molecule has 0 bridgehead atoms. The van der Waals surface area contributed by atoms with Crippen molar-refractivity contribution in [1.29, 1.82) is 0 Å². The van der Waals surface area contributed by atoms with Gasteiger partial charge in [-0.25, -0.2) is 0 Å². The van der Waals surface area contributed by atoms with Gasteiger partial charge in [0.05, 0.1) is 14.2 Å². The lowest BCUT2D eigenvalue weighted by molar-refractivity contribution is 0.238. The number of phenolic OH excluding ortho intramolecular Hbond substituents is 1. The number of phenols is 1. The molecule has 6 heteroatoms. The molecule has 6 nitrogen and oxygen atoms in total. The lowest BCUT2D eigenvalue weighted by Crippen LogP contribution is -2.25. The van der Waals surface area contributed by atoms with Crippen LogP contribution in [0.25, 0.3) is 0 Å². The van der Waals surface area contributed by atoms with Crippen LogP contribution in [0.15, 0.2) is 54.6 Å². The van der Waals surface area contributed by atoms with Gasteiger partial charge in [-0.1, -0.05) is 18.2 Å². The number of aryl methyl sites for hydroxylation is 1. The quantitative estimate of drug-likeness (QED) is 0.319. The van der Waals surface area contributed by atoms with Gasteiger partial charge in [0.25, 0.3) is 0 Å². The Morgan fingerprint density at radius 3 is 2.38 bits per heavy atom. The van der Waals surface area contributed by atoms with E-state index in [1.807, 2.05) is 6.07 Å². The molecule has 39 heavy (non-hydrogen) atoms. The number of nitrogens with zero attached hydrogens (tertiary/aromatic N) is 2. The normalized spacial score (nSPS) is 17.1. The Bertz CT molecular complexity index is 1240. The van der Waals surface area contributed by atoms with Gasteiger partial charge in [0.15, 0.2) is 11.5 Å². The first kappa shape index (κ1) is 27.2. The summed E-state index contributed by atoms with van der Waals surface area (Å²) in [6.07, 6.45) is 5.54. The molecule has 0 saturated carbocycles. The maximum atomic E-state index is 9.94. The maximum absolute atomic E-state index is 9.94. The topological polar surface area (TPSA) is 54.4 Å². The first-order valence-corrected chi connectivity index (χ1v) is 14.3. The molecule has 5 rings (SSSR count). The van der Waals surface area contributed by atoms with E-state index in [0.29, 0.717) is 11.7 Å². The highest BCUT2D eigenvalue weighted by atomic mass is 16.5. The third-order valence-electron chi connectivity index (χ3n) is 8.29. The highest BCUT2D eigenvalue weighted by Gasteiger charge is 2.26. The molecule has 3 aromatic rings. The molecule has 0 amide bonds. The first-order chi connectivity index (χ1) is 19.1. The summed E-state index contributed by atoms with van der Waals surface area (Å²) in [5, 5.41) is 9.94. The fourth-order valence-electron chi connectivity index (χ4n) is 6.07. The zero-order chi connectivity index (χ0) is 27.2. The van der Waals surface area contributed by atoms with E-state index in [-0.39, 0.29) is 0 Å². The summed E-state index contributed by atoms with van der Waals surface area (Å²) >= 11 is 0. The average Bonchev–Trinajstić information content (AvgIpc) is 3.49. The second-order valence-corrected chi connectivity index (χ2v) is 10.7. The van der Waals surface area contributed by atoms with Crippen LogP contribution in [0.2, 0.25) is 0 Å². The summed E-state index contributed by atoms with van der Waals surface area (Å²) in [4.78, 5) is 4.90. The van der Waals surface area contributed by atoms with Gasteiger partial charge in [-0.2, -0.15) is 0 Å². The Hall–Kier alpha value is -3.38. The van der Waals surface area contributed by atoms with Crippen LogP contribution < -0.4 is 19.1 Å². The molecule has 3 aromatic carbocycles. The molecule has 0 radical (unpaired) electrons. The van der Waals surface area contributed by atoms with Gasteiger partial charge in [-0.05, 0) is 111 Å². The minimum absolute atomic E-state index is 0.346. The summed E-state index contributed by atoms with van der Waals surface area (Å²) < 4.78 is 17.5. The zero-order valence-corrected chi connectivity index (χ0v) is 23.6. The van der Waals surface area contributed by atoms with Crippen molar-refractivity contribution < 1.29 is 19.3 Å². The van der Waals surface area contributed by atoms with Crippen molar-refractivity contribution in [2.45, 2.75) is 51.5 Å². The third kappa shape index (κ3) is 6.44. The molecule has 208 valence electrons. The number of aromatic hydroxyl groups is 1. The number of methoxy groups -OCH3 is 2. The molecule has 1 N–H and O–H groups in total. The molecule has 1 saturated heterocycles. The zero-order valence-electron chi connectivity index (χ0n) is 23.6. The predicted octanol–water partition coefficient (Wildman–Crippen LogP) is 6.18. The van der Waals surface area contributed by atoms with Gasteiger partial charge in [0.1, 0.15) is 18.1 Å². The average molecular weight is 531 g/mol.